The van der Waals surface area contributed by atoms with E-state index in [1.54, 1.807) is 48.5 Å². The van der Waals surface area contributed by atoms with Crippen molar-refractivity contribution in [2.45, 2.75) is 65.2 Å². The van der Waals surface area contributed by atoms with Crippen LogP contribution in [0.3, 0.4) is 0 Å². The van der Waals surface area contributed by atoms with Gasteiger partial charge < -0.3 is 18.9 Å². The molecule has 3 aromatic rings. The Kier molecular flexibility index (Phi) is 10.7. The van der Waals surface area contributed by atoms with Crippen LogP contribution in [0.1, 0.15) is 69.9 Å². The first-order chi connectivity index (χ1) is 19.8. The lowest BCUT2D eigenvalue weighted by atomic mass is 9.73. The van der Waals surface area contributed by atoms with E-state index in [1.807, 2.05) is 31.2 Å². The largest absolute Gasteiger partial charge is 0.590 e. The van der Waals surface area contributed by atoms with Gasteiger partial charge in [-0.2, -0.15) is 0 Å². The van der Waals surface area contributed by atoms with Crippen molar-refractivity contribution >= 4 is 7.82 Å². The number of hydrogen-bond acceptors (Lipinski definition) is 6. The Labute approximate surface area is 244 Å². The van der Waals surface area contributed by atoms with E-state index in [4.69, 9.17) is 18.3 Å². The summed E-state index contributed by atoms with van der Waals surface area (Å²) in [6.45, 7) is 10.1. The fourth-order valence-electron chi connectivity index (χ4n) is 5.20. The lowest BCUT2D eigenvalue weighted by molar-refractivity contribution is 0.0871. The van der Waals surface area contributed by atoms with Crippen LogP contribution in [-0.4, -0.2) is 11.9 Å². The molecule has 0 aliphatic heterocycles. The number of para-hydroxylation sites is 2. The van der Waals surface area contributed by atoms with Crippen LogP contribution in [-0.2, 0) is 15.5 Å². The predicted octanol–water partition coefficient (Wildman–Crippen LogP) is 9.76. The molecule has 1 aliphatic carbocycles. The van der Waals surface area contributed by atoms with Gasteiger partial charge in [0.05, 0.1) is 0 Å². The summed E-state index contributed by atoms with van der Waals surface area (Å²) in [4.78, 5) is 0. The number of phosphoric acid groups is 1. The van der Waals surface area contributed by atoms with Crippen molar-refractivity contribution in [2.24, 2.45) is 5.92 Å². The van der Waals surface area contributed by atoms with Crippen molar-refractivity contribution in [2.75, 3.05) is 6.79 Å². The monoisotopic (exact) mass is 576 g/mol. The van der Waals surface area contributed by atoms with Crippen molar-refractivity contribution in [3.05, 3.63) is 108 Å². The summed E-state index contributed by atoms with van der Waals surface area (Å²) in [5.74, 6) is 1.41. The van der Waals surface area contributed by atoms with E-state index in [1.165, 1.54) is 5.57 Å². The van der Waals surface area contributed by atoms with Crippen molar-refractivity contribution in [1.29, 1.82) is 0 Å². The molecule has 0 heterocycles. The van der Waals surface area contributed by atoms with Gasteiger partial charge in [0.25, 0.3) is 0 Å². The fraction of sp³-hybridized carbons (Fsp3) is 0.353. The highest BCUT2D eigenvalue weighted by molar-refractivity contribution is 7.49. The molecule has 0 saturated carbocycles. The molecule has 0 spiro atoms. The molecule has 0 saturated heterocycles. The van der Waals surface area contributed by atoms with Gasteiger partial charge in [0.15, 0.2) is 0 Å². The summed E-state index contributed by atoms with van der Waals surface area (Å²) in [5.41, 5.74) is 3.98. The van der Waals surface area contributed by atoms with Crippen LogP contribution in [0.5, 0.6) is 23.0 Å². The molecule has 1 N–H and O–H groups in total. The third-order valence-electron chi connectivity index (χ3n) is 7.31. The van der Waals surface area contributed by atoms with Crippen molar-refractivity contribution in [3.8, 4) is 23.0 Å². The standard InChI is InChI=1S/C34H41O6P/c1-5-6-9-14-27-22-32(35)34(31-21-26(4)19-20-30(31)25(2)3)33(23-27)37-24-38-41(36,39-28-15-10-7-11-16-28)40-29-17-12-8-13-18-29/h7-8,10-13,15-18,21-23,30-31,35H,2,5-6,9,14,19-20,24H2,1,3-4H3. The first-order valence-corrected chi connectivity index (χ1v) is 15.8. The van der Waals surface area contributed by atoms with E-state index in [0.29, 0.717) is 22.8 Å². The number of allylic oxidation sites excluding steroid dienone is 3. The number of phenolic OH excluding ortho intramolecular Hbond substituents is 1. The summed E-state index contributed by atoms with van der Waals surface area (Å²) in [6.07, 6.45) is 8.15. The molecule has 0 bridgehead atoms. The minimum atomic E-state index is -4.14. The molecule has 0 fully saturated rings. The molecule has 0 aromatic heterocycles. The Morgan fingerprint density at radius 2 is 1.63 bits per heavy atom. The highest BCUT2D eigenvalue weighted by Crippen LogP contribution is 2.51. The summed E-state index contributed by atoms with van der Waals surface area (Å²) in [7, 11) is -4.14. The zero-order valence-corrected chi connectivity index (χ0v) is 25.1. The molecular formula is C34H41O6P. The topological polar surface area (TPSA) is 74.2 Å². The van der Waals surface area contributed by atoms with Crippen LogP contribution >= 0.6 is 7.82 Å². The zero-order valence-electron chi connectivity index (χ0n) is 24.3. The number of phenols is 1. The smallest absolute Gasteiger partial charge is 0.507 e. The average molecular weight is 577 g/mol. The molecule has 4 rings (SSSR count). The maximum Gasteiger partial charge on any atom is 0.590 e. The summed E-state index contributed by atoms with van der Waals surface area (Å²) in [5, 5.41) is 11.3. The normalized spacial score (nSPS) is 17.0. The van der Waals surface area contributed by atoms with Gasteiger partial charge in [0.2, 0.25) is 6.79 Å². The summed E-state index contributed by atoms with van der Waals surface area (Å²) < 4.78 is 37.2. The molecule has 3 aromatic carbocycles. The SMILES string of the molecule is C=C(C)C1CCC(C)=CC1c1c(O)cc(CCCCC)cc1OCOP(=O)(Oc1ccccc1)Oc1ccccc1. The molecule has 2 unspecified atom stereocenters. The molecule has 6 nitrogen and oxygen atoms in total. The first kappa shape index (κ1) is 30.5. The second kappa shape index (κ2) is 14.4. The maximum atomic E-state index is 13.8. The number of aromatic hydroxyl groups is 1. The molecular weight excluding hydrogens is 535 g/mol. The third-order valence-corrected chi connectivity index (χ3v) is 8.60. The first-order valence-electron chi connectivity index (χ1n) is 14.3. The number of hydrogen-bond donors (Lipinski definition) is 1. The van der Waals surface area contributed by atoms with Crippen molar-refractivity contribution in [3.63, 3.8) is 0 Å². The van der Waals surface area contributed by atoms with E-state index in [0.717, 1.165) is 49.7 Å². The van der Waals surface area contributed by atoms with Crippen LogP contribution in [0, 0.1) is 5.92 Å². The molecule has 41 heavy (non-hydrogen) atoms. The van der Waals surface area contributed by atoms with E-state index in [2.05, 4.69) is 26.5 Å². The quantitative estimate of drug-likeness (QED) is 0.0891. The average Bonchev–Trinajstić information content (AvgIpc) is 2.94. The Hall–Kier alpha value is -3.47. The molecule has 2 atom stereocenters. The molecule has 218 valence electrons. The van der Waals surface area contributed by atoms with Crippen molar-refractivity contribution < 1.29 is 28.0 Å². The van der Waals surface area contributed by atoms with Gasteiger partial charge in [-0.05, 0) is 87.4 Å². The van der Waals surface area contributed by atoms with Gasteiger partial charge in [-0.15, -0.1) is 0 Å². The van der Waals surface area contributed by atoms with Gasteiger partial charge in [0, 0.05) is 11.5 Å². The predicted molar refractivity (Wildman–Crippen MR) is 164 cm³/mol. The summed E-state index contributed by atoms with van der Waals surface area (Å²) >= 11 is 0. The second-order valence-electron chi connectivity index (χ2n) is 10.7. The molecule has 0 radical (unpaired) electrons. The number of phosphoric ester groups is 1. The summed E-state index contributed by atoms with van der Waals surface area (Å²) in [6, 6.07) is 21.3. The van der Waals surface area contributed by atoms with Gasteiger partial charge >= 0.3 is 7.82 Å². The zero-order chi connectivity index (χ0) is 29.2. The van der Waals surface area contributed by atoms with Gasteiger partial charge in [-0.3, -0.25) is 0 Å². The molecule has 0 amide bonds. The Bertz CT molecular complexity index is 1320. The Morgan fingerprint density at radius 3 is 2.22 bits per heavy atom. The Morgan fingerprint density at radius 1 is 1.00 bits per heavy atom. The van der Waals surface area contributed by atoms with Crippen LogP contribution in [0.2, 0.25) is 0 Å². The minimum Gasteiger partial charge on any atom is -0.507 e. The van der Waals surface area contributed by atoms with Gasteiger partial charge in [0.1, 0.15) is 23.0 Å². The van der Waals surface area contributed by atoms with Crippen LogP contribution in [0.15, 0.2) is 96.6 Å². The van der Waals surface area contributed by atoms with Gasteiger partial charge in [-0.1, -0.05) is 80.0 Å². The van der Waals surface area contributed by atoms with Crippen LogP contribution < -0.4 is 13.8 Å². The van der Waals surface area contributed by atoms with Crippen LogP contribution in [0.4, 0.5) is 0 Å². The van der Waals surface area contributed by atoms with Crippen molar-refractivity contribution in [1.82, 2.24) is 0 Å². The second-order valence-corrected chi connectivity index (χ2v) is 12.2. The number of rotatable bonds is 14. The number of aryl methyl sites for hydroxylation is 1. The minimum absolute atomic E-state index is 0.103. The van der Waals surface area contributed by atoms with E-state index < -0.39 is 14.6 Å². The Balaban J connectivity index is 1.63. The molecule has 1 aliphatic rings. The van der Waals surface area contributed by atoms with Crippen LogP contribution in [0.25, 0.3) is 0 Å². The lowest BCUT2D eigenvalue weighted by Crippen LogP contribution is -2.18. The molecule has 7 heteroatoms. The maximum absolute atomic E-state index is 13.8. The van der Waals surface area contributed by atoms with E-state index in [9.17, 15) is 9.67 Å². The highest BCUT2D eigenvalue weighted by atomic mass is 31.2. The third kappa shape index (κ3) is 8.51. The lowest BCUT2D eigenvalue weighted by Gasteiger charge is -2.32. The number of unbranched alkanes of at least 4 members (excludes halogenated alkanes) is 2. The number of benzene rings is 3. The van der Waals surface area contributed by atoms with E-state index in [-0.39, 0.29) is 17.6 Å². The fourth-order valence-corrected chi connectivity index (χ4v) is 6.28. The number of ether oxygens (including phenoxy) is 1. The van der Waals surface area contributed by atoms with E-state index >= 15 is 0 Å². The van der Waals surface area contributed by atoms with Gasteiger partial charge in [-0.25, -0.2) is 9.09 Å². The highest BCUT2D eigenvalue weighted by Gasteiger charge is 2.33.